The van der Waals surface area contributed by atoms with E-state index in [1.54, 1.807) is 0 Å². The molecule has 0 aliphatic rings. The Morgan fingerprint density at radius 2 is 1.93 bits per heavy atom. The van der Waals surface area contributed by atoms with Crippen LogP contribution >= 0.6 is 0 Å². The van der Waals surface area contributed by atoms with Gasteiger partial charge < -0.3 is 14.6 Å². The molecule has 0 spiro atoms. The Balaban J connectivity index is 2.56. The minimum atomic E-state index is -0.312. The van der Waals surface area contributed by atoms with Crippen molar-refractivity contribution < 1.29 is 14.6 Å². The number of aliphatic hydroxyl groups excluding tert-OH is 1. The molecule has 0 saturated carbocycles. The van der Waals surface area contributed by atoms with Crippen LogP contribution in [-0.2, 0) is 9.47 Å². The number of hydrogen-bond acceptors (Lipinski definition) is 3. The fraction of sp³-hybridized carbons (Fsp3) is 0.500. The van der Waals surface area contributed by atoms with Crippen LogP contribution in [0.3, 0.4) is 0 Å². The van der Waals surface area contributed by atoms with E-state index in [9.17, 15) is 5.11 Å². The third-order valence-corrected chi connectivity index (χ3v) is 2.09. The van der Waals surface area contributed by atoms with Crippen molar-refractivity contribution in [2.24, 2.45) is 0 Å². The molecular formula is C12H18O3. The minimum absolute atomic E-state index is 0.0403. The van der Waals surface area contributed by atoms with Gasteiger partial charge in [0.05, 0.1) is 6.61 Å². The molecule has 0 aromatic heterocycles. The lowest BCUT2D eigenvalue weighted by atomic mass is 10.1. The molecule has 0 bridgehead atoms. The molecule has 3 heteroatoms. The summed E-state index contributed by atoms with van der Waals surface area (Å²) in [5, 5.41) is 9.22. The first kappa shape index (κ1) is 12.2. The van der Waals surface area contributed by atoms with Gasteiger partial charge in [0.15, 0.2) is 6.29 Å². The van der Waals surface area contributed by atoms with Crippen LogP contribution < -0.4 is 0 Å². The monoisotopic (exact) mass is 210 g/mol. The molecule has 1 aromatic carbocycles. The molecule has 0 fully saturated rings. The van der Waals surface area contributed by atoms with Crippen molar-refractivity contribution in [3.05, 3.63) is 35.9 Å². The van der Waals surface area contributed by atoms with Gasteiger partial charge in [-0.2, -0.15) is 0 Å². The van der Waals surface area contributed by atoms with Crippen LogP contribution in [0, 0.1) is 0 Å². The van der Waals surface area contributed by atoms with Gasteiger partial charge in [0.2, 0.25) is 0 Å². The second-order valence-corrected chi connectivity index (χ2v) is 3.24. The van der Waals surface area contributed by atoms with Crippen molar-refractivity contribution in [2.75, 3.05) is 13.2 Å². The molecule has 1 rings (SSSR count). The summed E-state index contributed by atoms with van der Waals surface area (Å²) in [6.07, 6.45) is -0.611. The summed E-state index contributed by atoms with van der Waals surface area (Å²) in [5.74, 6) is 0. The molecule has 84 valence electrons. The number of ether oxygens (including phenoxy) is 2. The summed E-state index contributed by atoms with van der Waals surface area (Å²) in [7, 11) is 0. The first-order valence-electron chi connectivity index (χ1n) is 5.20. The molecule has 1 unspecified atom stereocenters. The Labute approximate surface area is 90.6 Å². The van der Waals surface area contributed by atoms with Gasteiger partial charge >= 0.3 is 0 Å². The smallest absolute Gasteiger partial charge is 0.155 e. The summed E-state index contributed by atoms with van der Waals surface area (Å²) >= 11 is 0. The molecule has 1 N–H and O–H groups in total. The Hall–Kier alpha value is -0.900. The first-order valence-corrected chi connectivity index (χ1v) is 5.20. The van der Waals surface area contributed by atoms with Crippen molar-refractivity contribution in [3.63, 3.8) is 0 Å². The maximum absolute atomic E-state index is 9.22. The summed E-state index contributed by atoms with van der Waals surface area (Å²) in [4.78, 5) is 0. The van der Waals surface area contributed by atoms with Crippen LogP contribution in [-0.4, -0.2) is 24.6 Å². The van der Waals surface area contributed by atoms with E-state index in [0.29, 0.717) is 6.61 Å². The van der Waals surface area contributed by atoms with Crippen molar-refractivity contribution in [3.8, 4) is 0 Å². The van der Waals surface area contributed by atoms with Gasteiger partial charge in [-0.3, -0.25) is 0 Å². The SMILES string of the molecule is CCOC(C)O[C@H](CO)c1ccccc1. The molecule has 0 amide bonds. The van der Waals surface area contributed by atoms with Gasteiger partial charge in [-0.05, 0) is 19.4 Å². The van der Waals surface area contributed by atoms with E-state index < -0.39 is 0 Å². The van der Waals surface area contributed by atoms with Crippen LogP contribution in [0.2, 0.25) is 0 Å². The van der Waals surface area contributed by atoms with E-state index >= 15 is 0 Å². The van der Waals surface area contributed by atoms with Crippen molar-refractivity contribution in [2.45, 2.75) is 26.2 Å². The van der Waals surface area contributed by atoms with E-state index in [0.717, 1.165) is 5.56 Å². The lowest BCUT2D eigenvalue weighted by Gasteiger charge is -2.20. The second-order valence-electron chi connectivity index (χ2n) is 3.24. The Morgan fingerprint density at radius 1 is 1.27 bits per heavy atom. The number of rotatable bonds is 6. The topological polar surface area (TPSA) is 38.7 Å². The molecule has 2 atom stereocenters. The lowest BCUT2D eigenvalue weighted by Crippen LogP contribution is -2.19. The zero-order chi connectivity index (χ0) is 11.1. The van der Waals surface area contributed by atoms with Crippen molar-refractivity contribution >= 4 is 0 Å². The molecule has 15 heavy (non-hydrogen) atoms. The van der Waals surface area contributed by atoms with Crippen LogP contribution in [0.25, 0.3) is 0 Å². The largest absolute Gasteiger partial charge is 0.393 e. The van der Waals surface area contributed by atoms with E-state index in [4.69, 9.17) is 9.47 Å². The highest BCUT2D eigenvalue weighted by Gasteiger charge is 2.14. The van der Waals surface area contributed by atoms with Gasteiger partial charge in [-0.25, -0.2) is 0 Å². The molecule has 0 heterocycles. The molecule has 0 aliphatic heterocycles. The predicted molar refractivity (Wildman–Crippen MR) is 58.4 cm³/mol. The van der Waals surface area contributed by atoms with Crippen molar-refractivity contribution in [1.29, 1.82) is 0 Å². The quantitative estimate of drug-likeness (QED) is 0.731. The standard InChI is InChI=1S/C12H18O3/c1-3-14-10(2)15-12(9-13)11-7-5-4-6-8-11/h4-8,10,12-13H,3,9H2,1-2H3/t10?,12-/m1/s1. The molecular weight excluding hydrogens is 192 g/mol. The zero-order valence-corrected chi connectivity index (χ0v) is 9.22. The first-order chi connectivity index (χ1) is 7.27. The summed E-state index contributed by atoms with van der Waals surface area (Å²) in [6.45, 7) is 4.31. The third-order valence-electron chi connectivity index (χ3n) is 2.09. The Kier molecular flexibility index (Phi) is 5.32. The minimum Gasteiger partial charge on any atom is -0.393 e. The zero-order valence-electron chi connectivity index (χ0n) is 9.22. The Bertz CT molecular complexity index is 261. The average molecular weight is 210 g/mol. The fourth-order valence-corrected chi connectivity index (χ4v) is 1.40. The third kappa shape index (κ3) is 4.00. The molecule has 1 aromatic rings. The van der Waals surface area contributed by atoms with E-state index in [1.807, 2.05) is 44.2 Å². The van der Waals surface area contributed by atoms with Gasteiger partial charge in [0.25, 0.3) is 0 Å². The average Bonchev–Trinajstić information content (AvgIpc) is 2.27. The van der Waals surface area contributed by atoms with Gasteiger partial charge in [0.1, 0.15) is 6.10 Å². The summed E-state index contributed by atoms with van der Waals surface area (Å²) in [6, 6.07) is 9.64. The van der Waals surface area contributed by atoms with Gasteiger partial charge in [-0.15, -0.1) is 0 Å². The number of hydrogen-bond donors (Lipinski definition) is 1. The molecule has 0 aliphatic carbocycles. The van der Waals surface area contributed by atoms with Crippen molar-refractivity contribution in [1.82, 2.24) is 0 Å². The van der Waals surface area contributed by atoms with E-state index in [-0.39, 0.29) is 19.0 Å². The predicted octanol–water partition coefficient (Wildman–Crippen LogP) is 2.12. The van der Waals surface area contributed by atoms with E-state index in [2.05, 4.69) is 0 Å². The summed E-state index contributed by atoms with van der Waals surface area (Å²) < 4.78 is 10.8. The van der Waals surface area contributed by atoms with Crippen LogP contribution in [0.1, 0.15) is 25.5 Å². The van der Waals surface area contributed by atoms with Crippen LogP contribution in [0.15, 0.2) is 30.3 Å². The number of benzene rings is 1. The normalized spacial score (nSPS) is 14.9. The van der Waals surface area contributed by atoms with Crippen LogP contribution in [0.5, 0.6) is 0 Å². The summed E-state index contributed by atoms with van der Waals surface area (Å²) in [5.41, 5.74) is 0.964. The fourth-order valence-electron chi connectivity index (χ4n) is 1.40. The maximum atomic E-state index is 9.22. The molecule has 0 saturated heterocycles. The van der Waals surface area contributed by atoms with Gasteiger partial charge in [0, 0.05) is 6.61 Å². The molecule has 0 radical (unpaired) electrons. The lowest BCUT2D eigenvalue weighted by molar-refractivity contribution is -0.167. The highest BCUT2D eigenvalue weighted by Crippen LogP contribution is 2.18. The highest BCUT2D eigenvalue weighted by molar-refractivity contribution is 5.17. The number of aliphatic hydroxyl groups is 1. The second kappa shape index (κ2) is 6.56. The van der Waals surface area contributed by atoms with E-state index in [1.165, 1.54) is 0 Å². The molecule has 3 nitrogen and oxygen atoms in total. The Morgan fingerprint density at radius 3 is 2.47 bits per heavy atom. The van der Waals surface area contributed by atoms with Crippen LogP contribution in [0.4, 0.5) is 0 Å². The highest BCUT2D eigenvalue weighted by atomic mass is 16.7. The maximum Gasteiger partial charge on any atom is 0.155 e. The van der Waals surface area contributed by atoms with Gasteiger partial charge in [-0.1, -0.05) is 30.3 Å².